The van der Waals surface area contributed by atoms with E-state index in [9.17, 15) is 19.9 Å². The molecule has 0 radical (unpaired) electrons. The highest BCUT2D eigenvalue weighted by Crippen LogP contribution is 2.39. The number of carbonyl (C=O) groups excluding carboxylic acids is 1. The number of aliphatic hydroxyl groups excluding tert-OH is 1. The lowest BCUT2D eigenvalue weighted by molar-refractivity contribution is -0.645. The molecule has 0 spiro atoms. The Morgan fingerprint density at radius 3 is 2.41 bits per heavy atom. The molecule has 0 unspecified atom stereocenters. The van der Waals surface area contributed by atoms with Gasteiger partial charge in [0.2, 0.25) is 5.91 Å². The quantitative estimate of drug-likeness (QED) is 0.206. The highest BCUT2D eigenvalue weighted by molar-refractivity contribution is 7.99. The van der Waals surface area contributed by atoms with Crippen LogP contribution in [0.4, 0.5) is 5.69 Å². The summed E-state index contributed by atoms with van der Waals surface area (Å²) in [5.74, 6) is -0.849. The first-order valence-corrected chi connectivity index (χ1v) is 12.8. The summed E-state index contributed by atoms with van der Waals surface area (Å²) in [6, 6.07) is 19.9. The third-order valence-corrected chi connectivity index (χ3v) is 7.00. The number of aliphatic carboxylic acids is 1. The minimum atomic E-state index is -1.03. The largest absolute Gasteiger partial charge is 0.618 e. The molecule has 1 amide bonds. The van der Waals surface area contributed by atoms with E-state index in [2.05, 4.69) is 5.32 Å². The number of aromatic nitrogens is 1. The number of carboxylic acid groups (broad SMARTS) is 1. The molecule has 0 aliphatic carbocycles. The van der Waals surface area contributed by atoms with Gasteiger partial charge in [0.25, 0.3) is 5.03 Å². The van der Waals surface area contributed by atoms with E-state index < -0.39 is 12.3 Å². The van der Waals surface area contributed by atoms with Gasteiger partial charge in [-0.3, -0.25) is 9.59 Å². The SMILES string of the molecule is O=C(O)CCC(=O)Nc1ccc([C@@H]2O[C@H](CSc3cccc[n+]3[O-])C[C@H](c3ccc(CO)cc3)O2)cc1. The van der Waals surface area contributed by atoms with E-state index >= 15 is 0 Å². The molecular weight excluding hydrogens is 496 g/mol. The van der Waals surface area contributed by atoms with Crippen LogP contribution in [0, 0.1) is 5.21 Å². The van der Waals surface area contributed by atoms with Crippen LogP contribution in [0.2, 0.25) is 0 Å². The predicted molar refractivity (Wildman–Crippen MR) is 136 cm³/mol. The van der Waals surface area contributed by atoms with Gasteiger partial charge in [0.15, 0.2) is 12.5 Å². The number of hydrogen-bond donors (Lipinski definition) is 3. The molecule has 0 bridgehead atoms. The molecular formula is C27H28N2O7S. The van der Waals surface area contributed by atoms with E-state index in [1.807, 2.05) is 30.3 Å². The van der Waals surface area contributed by atoms with Gasteiger partial charge >= 0.3 is 5.97 Å². The second kappa shape index (κ2) is 12.7. The number of benzene rings is 2. The maximum absolute atomic E-state index is 12.1. The third kappa shape index (κ3) is 7.53. The van der Waals surface area contributed by atoms with Crippen molar-refractivity contribution < 1.29 is 34.0 Å². The van der Waals surface area contributed by atoms with Crippen LogP contribution >= 0.6 is 11.8 Å². The maximum atomic E-state index is 12.1. The smallest absolute Gasteiger partial charge is 0.303 e. The van der Waals surface area contributed by atoms with Crippen molar-refractivity contribution in [3.8, 4) is 0 Å². The van der Waals surface area contributed by atoms with Crippen LogP contribution in [0.1, 0.15) is 48.3 Å². The fourth-order valence-corrected chi connectivity index (χ4v) is 4.83. The molecule has 2 heterocycles. The van der Waals surface area contributed by atoms with Crippen LogP contribution in [0.25, 0.3) is 0 Å². The summed E-state index contributed by atoms with van der Waals surface area (Å²) >= 11 is 1.42. The number of aliphatic hydroxyl groups is 1. The zero-order chi connectivity index (χ0) is 26.2. The van der Waals surface area contributed by atoms with Gasteiger partial charge in [-0.2, -0.15) is 4.73 Å². The van der Waals surface area contributed by atoms with Gasteiger partial charge in [-0.25, -0.2) is 0 Å². The number of anilines is 1. The maximum Gasteiger partial charge on any atom is 0.303 e. The van der Waals surface area contributed by atoms with Crippen LogP contribution in [-0.2, 0) is 25.7 Å². The van der Waals surface area contributed by atoms with Crippen molar-refractivity contribution in [1.29, 1.82) is 0 Å². The number of nitrogens with one attached hydrogen (secondary N) is 1. The average molecular weight is 525 g/mol. The monoisotopic (exact) mass is 524 g/mol. The molecule has 0 saturated carbocycles. The van der Waals surface area contributed by atoms with E-state index in [1.54, 1.807) is 36.4 Å². The first-order chi connectivity index (χ1) is 17.9. The second-order valence-corrected chi connectivity index (χ2v) is 9.63. The van der Waals surface area contributed by atoms with Crippen LogP contribution in [-0.4, -0.2) is 33.9 Å². The van der Waals surface area contributed by atoms with Crippen molar-refractivity contribution in [2.45, 2.75) is 49.4 Å². The summed E-state index contributed by atoms with van der Waals surface area (Å²) in [6.45, 7) is -0.0394. The third-order valence-electron chi connectivity index (χ3n) is 5.85. The van der Waals surface area contributed by atoms with Crippen LogP contribution in [0.15, 0.2) is 78.0 Å². The lowest BCUT2D eigenvalue weighted by Gasteiger charge is -2.36. The summed E-state index contributed by atoms with van der Waals surface area (Å²) in [5.41, 5.74) is 3.07. The van der Waals surface area contributed by atoms with E-state index in [0.29, 0.717) is 22.9 Å². The number of carbonyl (C=O) groups is 2. The Balaban J connectivity index is 1.47. The zero-order valence-corrected chi connectivity index (χ0v) is 20.8. The zero-order valence-electron chi connectivity index (χ0n) is 20.0. The number of nitrogens with zero attached hydrogens (tertiary/aromatic N) is 1. The van der Waals surface area contributed by atoms with E-state index in [1.165, 1.54) is 18.0 Å². The van der Waals surface area contributed by atoms with Crippen LogP contribution < -0.4 is 10.0 Å². The molecule has 10 heteroatoms. The Hall–Kier alpha value is -3.44. The number of ether oxygens (including phenoxy) is 2. The van der Waals surface area contributed by atoms with Crippen LogP contribution in [0.5, 0.6) is 0 Å². The lowest BCUT2D eigenvalue weighted by atomic mass is 10.0. The van der Waals surface area contributed by atoms with E-state index in [4.69, 9.17) is 14.6 Å². The molecule has 4 rings (SSSR count). The van der Waals surface area contributed by atoms with Gasteiger partial charge in [0.05, 0.1) is 25.2 Å². The van der Waals surface area contributed by atoms with Gasteiger partial charge in [-0.15, -0.1) is 0 Å². The molecule has 9 nitrogen and oxygen atoms in total. The molecule has 1 aliphatic heterocycles. The summed E-state index contributed by atoms with van der Waals surface area (Å²) in [5, 5.41) is 33.4. The normalized spacial score (nSPS) is 19.3. The standard InChI is InChI=1S/C27H28N2O7S/c30-16-18-4-6-19(7-5-18)23-15-22(17-37-25-3-1-2-14-29(25)34)35-27(36-23)20-8-10-21(11-9-20)28-24(31)12-13-26(32)33/h1-11,14,22-23,27,30H,12-13,15-17H2,(H,28,31)(H,32,33)/t22-,23+,27+/m0/s1. The molecule has 1 aliphatic rings. The van der Waals surface area contributed by atoms with Gasteiger partial charge < -0.3 is 30.2 Å². The summed E-state index contributed by atoms with van der Waals surface area (Å²) in [6.07, 6.45) is 0.573. The molecule has 37 heavy (non-hydrogen) atoms. The van der Waals surface area contributed by atoms with Gasteiger partial charge in [-0.1, -0.05) is 48.2 Å². The van der Waals surface area contributed by atoms with Gasteiger partial charge in [0.1, 0.15) is 0 Å². The van der Waals surface area contributed by atoms with Crippen molar-refractivity contribution in [1.82, 2.24) is 0 Å². The number of hydrogen-bond acceptors (Lipinski definition) is 7. The van der Waals surface area contributed by atoms with Crippen molar-refractivity contribution in [3.05, 3.63) is 94.8 Å². The molecule has 2 aromatic carbocycles. The number of pyridine rings is 1. The van der Waals surface area contributed by atoms with Crippen molar-refractivity contribution in [2.24, 2.45) is 0 Å². The fraction of sp³-hybridized carbons (Fsp3) is 0.296. The number of amides is 1. The minimum absolute atomic E-state index is 0.0394. The topological polar surface area (TPSA) is 132 Å². The van der Waals surface area contributed by atoms with Gasteiger partial charge in [-0.05, 0) is 29.3 Å². The average Bonchev–Trinajstić information content (AvgIpc) is 2.92. The Morgan fingerprint density at radius 2 is 1.73 bits per heavy atom. The second-order valence-electron chi connectivity index (χ2n) is 8.59. The molecule has 194 valence electrons. The number of carboxylic acids is 1. The molecule has 1 saturated heterocycles. The molecule has 3 aromatic rings. The predicted octanol–water partition coefficient (Wildman–Crippen LogP) is 3.95. The number of rotatable bonds is 10. The van der Waals surface area contributed by atoms with Crippen molar-refractivity contribution in [3.63, 3.8) is 0 Å². The molecule has 1 aromatic heterocycles. The van der Waals surface area contributed by atoms with Gasteiger partial charge in [0, 0.05) is 42.0 Å². The first kappa shape index (κ1) is 26.6. The highest BCUT2D eigenvalue weighted by Gasteiger charge is 2.32. The number of thioether (sulfide) groups is 1. The Labute approximate surface area is 218 Å². The summed E-state index contributed by atoms with van der Waals surface area (Å²) < 4.78 is 13.4. The summed E-state index contributed by atoms with van der Waals surface area (Å²) in [4.78, 5) is 22.6. The Bertz CT molecular complexity index is 1200. The Morgan fingerprint density at radius 1 is 1.00 bits per heavy atom. The molecule has 3 atom stereocenters. The lowest BCUT2D eigenvalue weighted by Crippen LogP contribution is -2.32. The van der Waals surface area contributed by atoms with E-state index in [0.717, 1.165) is 21.4 Å². The molecule has 3 N–H and O–H groups in total. The van der Waals surface area contributed by atoms with Crippen molar-refractivity contribution in [2.75, 3.05) is 11.1 Å². The minimum Gasteiger partial charge on any atom is -0.618 e. The van der Waals surface area contributed by atoms with Crippen molar-refractivity contribution >= 4 is 29.3 Å². The van der Waals surface area contributed by atoms with E-state index in [-0.39, 0.29) is 37.6 Å². The highest BCUT2D eigenvalue weighted by atomic mass is 32.2. The van der Waals surface area contributed by atoms with Crippen LogP contribution in [0.3, 0.4) is 0 Å². The Kier molecular flexibility index (Phi) is 9.13. The fourth-order valence-electron chi connectivity index (χ4n) is 3.89. The molecule has 1 fully saturated rings. The summed E-state index contributed by atoms with van der Waals surface area (Å²) in [7, 11) is 0. The first-order valence-electron chi connectivity index (χ1n) is 11.8.